The molecule has 1 unspecified atom stereocenters. The summed E-state index contributed by atoms with van der Waals surface area (Å²) in [7, 11) is 0. The molecule has 0 aliphatic carbocycles. The quantitative estimate of drug-likeness (QED) is 0.789. The molecule has 0 spiro atoms. The maximum atomic E-state index is 13.6. The summed E-state index contributed by atoms with van der Waals surface area (Å²) in [6.45, 7) is 0.780. The highest BCUT2D eigenvalue weighted by atomic mass is 35.5. The van der Waals surface area contributed by atoms with Crippen molar-refractivity contribution in [1.82, 2.24) is 5.32 Å². The molecular weight excluding hydrogens is 285 g/mol. The number of piperidine rings is 1. The number of carbonyl (C=O) groups excluding carboxylic acids is 2. The first-order chi connectivity index (χ1) is 9.08. The van der Waals surface area contributed by atoms with Crippen LogP contribution in [0.1, 0.15) is 29.6 Å². The molecule has 2 amide bonds. The predicted octanol–water partition coefficient (Wildman–Crippen LogP) is 1.43. The first kappa shape index (κ1) is 16.4. The van der Waals surface area contributed by atoms with E-state index in [0.29, 0.717) is 0 Å². The maximum absolute atomic E-state index is 13.6. The zero-order valence-corrected chi connectivity index (χ0v) is 11.6. The molecule has 0 saturated carbocycles. The van der Waals surface area contributed by atoms with Crippen LogP contribution in [0.25, 0.3) is 0 Å². The van der Waals surface area contributed by atoms with E-state index in [0.717, 1.165) is 31.9 Å². The minimum Gasteiger partial charge on any atom is -0.366 e. The summed E-state index contributed by atoms with van der Waals surface area (Å²) in [4.78, 5) is 23.0. The average molecular weight is 302 g/mol. The van der Waals surface area contributed by atoms with Crippen molar-refractivity contribution in [2.24, 2.45) is 5.73 Å². The van der Waals surface area contributed by atoms with Crippen molar-refractivity contribution in [1.29, 1.82) is 0 Å². The van der Waals surface area contributed by atoms with Gasteiger partial charge in [0.25, 0.3) is 0 Å². The lowest BCUT2D eigenvalue weighted by atomic mass is 10.0. The van der Waals surface area contributed by atoms with Gasteiger partial charge in [-0.2, -0.15) is 0 Å². The molecule has 1 aliphatic heterocycles. The summed E-state index contributed by atoms with van der Waals surface area (Å²) in [6, 6.07) is 3.33. The molecule has 1 saturated heterocycles. The Morgan fingerprint density at radius 3 is 2.70 bits per heavy atom. The largest absolute Gasteiger partial charge is 0.366 e. The van der Waals surface area contributed by atoms with Crippen molar-refractivity contribution in [2.75, 3.05) is 11.9 Å². The number of nitrogens with two attached hydrogens (primary N) is 1. The van der Waals surface area contributed by atoms with Crippen LogP contribution in [-0.4, -0.2) is 24.4 Å². The van der Waals surface area contributed by atoms with E-state index in [1.165, 1.54) is 12.1 Å². The van der Waals surface area contributed by atoms with Gasteiger partial charge in [0.2, 0.25) is 11.8 Å². The molecule has 0 aromatic heterocycles. The van der Waals surface area contributed by atoms with Crippen molar-refractivity contribution < 1.29 is 14.0 Å². The second-order valence-corrected chi connectivity index (χ2v) is 4.55. The fourth-order valence-electron chi connectivity index (χ4n) is 2.07. The SMILES string of the molecule is Cl.NC(=O)c1ccc(F)c(NC(=O)C2CCCCN2)c1. The van der Waals surface area contributed by atoms with Crippen LogP contribution in [0.3, 0.4) is 0 Å². The number of anilines is 1. The third-order valence-electron chi connectivity index (χ3n) is 3.14. The van der Waals surface area contributed by atoms with E-state index in [4.69, 9.17) is 5.73 Å². The first-order valence-electron chi connectivity index (χ1n) is 6.21. The van der Waals surface area contributed by atoms with Crippen LogP contribution >= 0.6 is 12.4 Å². The van der Waals surface area contributed by atoms with Crippen molar-refractivity contribution in [2.45, 2.75) is 25.3 Å². The van der Waals surface area contributed by atoms with E-state index in [1.54, 1.807) is 0 Å². The fraction of sp³-hybridized carbons (Fsp3) is 0.385. The van der Waals surface area contributed by atoms with E-state index < -0.39 is 11.7 Å². The number of nitrogens with one attached hydrogen (secondary N) is 2. The molecule has 1 aromatic rings. The smallest absolute Gasteiger partial charge is 0.248 e. The number of hydrogen-bond acceptors (Lipinski definition) is 3. The lowest BCUT2D eigenvalue weighted by molar-refractivity contribution is -0.118. The Morgan fingerprint density at radius 2 is 2.10 bits per heavy atom. The molecule has 0 radical (unpaired) electrons. The molecule has 4 N–H and O–H groups in total. The van der Waals surface area contributed by atoms with Crippen LogP contribution in [0.2, 0.25) is 0 Å². The number of hydrogen-bond donors (Lipinski definition) is 3. The Kier molecular flexibility index (Phi) is 5.91. The summed E-state index contributed by atoms with van der Waals surface area (Å²) < 4.78 is 13.6. The number of rotatable bonds is 3. The highest BCUT2D eigenvalue weighted by molar-refractivity contribution is 5.98. The Bertz CT molecular complexity index is 504. The van der Waals surface area contributed by atoms with Crippen LogP contribution in [-0.2, 0) is 4.79 Å². The Labute approximate surface area is 122 Å². The standard InChI is InChI=1S/C13H16FN3O2.ClH/c14-9-5-4-8(12(15)18)7-11(9)17-13(19)10-3-1-2-6-16-10;/h4-5,7,10,16H,1-3,6H2,(H2,15,18)(H,17,19);1H. The average Bonchev–Trinajstić information content (AvgIpc) is 2.42. The van der Waals surface area contributed by atoms with Gasteiger partial charge in [0.1, 0.15) is 5.82 Å². The van der Waals surface area contributed by atoms with E-state index in [9.17, 15) is 14.0 Å². The van der Waals surface area contributed by atoms with Gasteiger partial charge in [-0.1, -0.05) is 6.42 Å². The van der Waals surface area contributed by atoms with Gasteiger partial charge in [-0.05, 0) is 37.6 Å². The molecule has 1 aliphatic rings. The van der Waals surface area contributed by atoms with Crippen LogP contribution in [0.5, 0.6) is 0 Å². The molecule has 1 atom stereocenters. The van der Waals surface area contributed by atoms with Gasteiger partial charge in [-0.3, -0.25) is 9.59 Å². The summed E-state index contributed by atoms with van der Waals surface area (Å²) in [5, 5.41) is 5.56. The van der Waals surface area contributed by atoms with Crippen molar-refractivity contribution in [3.63, 3.8) is 0 Å². The maximum Gasteiger partial charge on any atom is 0.248 e. The molecule has 5 nitrogen and oxygen atoms in total. The number of carbonyl (C=O) groups is 2. The first-order valence-corrected chi connectivity index (χ1v) is 6.21. The molecular formula is C13H17ClFN3O2. The van der Waals surface area contributed by atoms with Crippen molar-refractivity contribution in [3.05, 3.63) is 29.6 Å². The van der Waals surface area contributed by atoms with Gasteiger partial charge in [0.15, 0.2) is 0 Å². The van der Waals surface area contributed by atoms with Gasteiger partial charge in [-0.25, -0.2) is 4.39 Å². The highest BCUT2D eigenvalue weighted by Crippen LogP contribution is 2.17. The van der Waals surface area contributed by atoms with Gasteiger partial charge in [-0.15, -0.1) is 12.4 Å². The van der Waals surface area contributed by atoms with E-state index in [-0.39, 0.29) is 35.6 Å². The third-order valence-corrected chi connectivity index (χ3v) is 3.14. The zero-order chi connectivity index (χ0) is 13.8. The normalized spacial score (nSPS) is 17.9. The molecule has 7 heteroatoms. The second-order valence-electron chi connectivity index (χ2n) is 4.55. The Morgan fingerprint density at radius 1 is 1.35 bits per heavy atom. The van der Waals surface area contributed by atoms with Gasteiger partial charge in [0, 0.05) is 5.56 Å². The predicted molar refractivity (Wildman–Crippen MR) is 76.4 cm³/mol. The van der Waals surface area contributed by atoms with Gasteiger partial charge < -0.3 is 16.4 Å². The molecule has 1 fully saturated rings. The third kappa shape index (κ3) is 3.91. The molecule has 1 heterocycles. The van der Waals surface area contributed by atoms with E-state index in [1.807, 2.05) is 0 Å². The number of primary amides is 1. The van der Waals surface area contributed by atoms with Crippen LogP contribution < -0.4 is 16.4 Å². The summed E-state index contributed by atoms with van der Waals surface area (Å²) >= 11 is 0. The molecule has 0 bridgehead atoms. The highest BCUT2D eigenvalue weighted by Gasteiger charge is 2.21. The number of benzene rings is 1. The van der Waals surface area contributed by atoms with E-state index in [2.05, 4.69) is 10.6 Å². The fourth-order valence-corrected chi connectivity index (χ4v) is 2.07. The summed E-state index contributed by atoms with van der Waals surface area (Å²) in [6.07, 6.45) is 2.73. The molecule has 2 rings (SSSR count). The Balaban J connectivity index is 0.00000200. The summed E-state index contributed by atoms with van der Waals surface area (Å²) in [5.74, 6) is -1.54. The van der Waals surface area contributed by atoms with Crippen LogP contribution in [0.4, 0.5) is 10.1 Å². The van der Waals surface area contributed by atoms with Crippen molar-refractivity contribution in [3.8, 4) is 0 Å². The lowest BCUT2D eigenvalue weighted by Crippen LogP contribution is -2.43. The monoisotopic (exact) mass is 301 g/mol. The molecule has 110 valence electrons. The lowest BCUT2D eigenvalue weighted by Gasteiger charge is -2.22. The molecule has 20 heavy (non-hydrogen) atoms. The van der Waals surface area contributed by atoms with E-state index >= 15 is 0 Å². The second kappa shape index (κ2) is 7.21. The van der Waals surface area contributed by atoms with Gasteiger partial charge in [0.05, 0.1) is 11.7 Å². The van der Waals surface area contributed by atoms with Gasteiger partial charge >= 0.3 is 0 Å². The minimum atomic E-state index is -0.661. The minimum absolute atomic E-state index is 0. The zero-order valence-electron chi connectivity index (χ0n) is 10.8. The van der Waals surface area contributed by atoms with Crippen molar-refractivity contribution >= 4 is 29.9 Å². The number of halogens is 2. The summed E-state index contributed by atoms with van der Waals surface area (Å²) in [5.41, 5.74) is 5.26. The van der Waals surface area contributed by atoms with Crippen LogP contribution in [0.15, 0.2) is 18.2 Å². The topological polar surface area (TPSA) is 84.2 Å². The number of amides is 2. The van der Waals surface area contributed by atoms with Crippen LogP contribution in [0, 0.1) is 5.82 Å². The molecule has 1 aromatic carbocycles. The Hall–Kier alpha value is -1.66.